The molecule has 2 aromatic heterocycles. The standard InChI is InChI=1S/C7H5BrN4O/c8-4-2-10-6-1-5(7(9)13)11-12(6)3-4/h1-3H,(H2,9,13). The fourth-order valence-corrected chi connectivity index (χ4v) is 1.27. The van der Waals surface area contributed by atoms with Gasteiger partial charge in [-0.1, -0.05) is 0 Å². The molecule has 2 aromatic rings. The van der Waals surface area contributed by atoms with E-state index in [0.29, 0.717) is 5.65 Å². The van der Waals surface area contributed by atoms with E-state index in [0.717, 1.165) is 4.47 Å². The highest BCUT2D eigenvalue weighted by atomic mass is 79.9. The van der Waals surface area contributed by atoms with Crippen LogP contribution < -0.4 is 5.73 Å². The molecule has 2 rings (SSSR count). The van der Waals surface area contributed by atoms with Crippen molar-refractivity contribution in [2.75, 3.05) is 0 Å². The average Bonchev–Trinajstić information content (AvgIpc) is 2.46. The van der Waals surface area contributed by atoms with Crippen molar-refractivity contribution in [3.05, 3.63) is 28.6 Å². The summed E-state index contributed by atoms with van der Waals surface area (Å²) < 4.78 is 2.28. The lowest BCUT2D eigenvalue weighted by Gasteiger charge is -1.90. The molecule has 0 aliphatic rings. The number of carbonyl (C=O) groups excluding carboxylic acids is 1. The van der Waals surface area contributed by atoms with Gasteiger partial charge in [0, 0.05) is 18.5 Å². The van der Waals surface area contributed by atoms with Crippen LogP contribution in [0.4, 0.5) is 0 Å². The largest absolute Gasteiger partial charge is 0.364 e. The van der Waals surface area contributed by atoms with Gasteiger partial charge in [0.25, 0.3) is 5.91 Å². The van der Waals surface area contributed by atoms with Crippen molar-refractivity contribution in [2.45, 2.75) is 0 Å². The molecule has 66 valence electrons. The normalized spacial score (nSPS) is 10.5. The Morgan fingerprint density at radius 1 is 1.62 bits per heavy atom. The van der Waals surface area contributed by atoms with E-state index in [2.05, 4.69) is 26.0 Å². The fraction of sp³-hybridized carbons (Fsp3) is 0. The number of hydrogen-bond acceptors (Lipinski definition) is 3. The summed E-state index contributed by atoms with van der Waals surface area (Å²) in [7, 11) is 0. The zero-order valence-corrected chi connectivity index (χ0v) is 8.02. The van der Waals surface area contributed by atoms with E-state index >= 15 is 0 Å². The fourth-order valence-electron chi connectivity index (χ4n) is 0.974. The first-order chi connectivity index (χ1) is 6.16. The molecule has 0 aliphatic carbocycles. The van der Waals surface area contributed by atoms with E-state index in [9.17, 15) is 4.79 Å². The third kappa shape index (κ3) is 1.40. The Hall–Kier alpha value is -1.43. The maximum absolute atomic E-state index is 10.8. The highest BCUT2D eigenvalue weighted by Gasteiger charge is 2.06. The van der Waals surface area contributed by atoms with E-state index in [-0.39, 0.29) is 5.69 Å². The first-order valence-electron chi connectivity index (χ1n) is 3.47. The summed E-state index contributed by atoms with van der Waals surface area (Å²) in [6, 6.07) is 1.54. The molecule has 0 bridgehead atoms. The second-order valence-corrected chi connectivity index (χ2v) is 3.38. The summed E-state index contributed by atoms with van der Waals surface area (Å²) >= 11 is 3.24. The van der Waals surface area contributed by atoms with Gasteiger partial charge in [-0.05, 0) is 15.9 Å². The van der Waals surface area contributed by atoms with Crippen molar-refractivity contribution in [1.29, 1.82) is 0 Å². The van der Waals surface area contributed by atoms with Gasteiger partial charge in [-0.3, -0.25) is 4.79 Å². The van der Waals surface area contributed by atoms with Gasteiger partial charge in [-0.2, -0.15) is 5.10 Å². The Kier molecular flexibility index (Phi) is 1.77. The molecule has 5 nitrogen and oxygen atoms in total. The van der Waals surface area contributed by atoms with Gasteiger partial charge >= 0.3 is 0 Å². The van der Waals surface area contributed by atoms with Crippen LogP contribution in [0.5, 0.6) is 0 Å². The van der Waals surface area contributed by atoms with Crippen LogP contribution in [0.2, 0.25) is 0 Å². The number of amides is 1. The van der Waals surface area contributed by atoms with Crippen LogP contribution >= 0.6 is 15.9 Å². The first-order valence-corrected chi connectivity index (χ1v) is 4.27. The Morgan fingerprint density at radius 2 is 2.38 bits per heavy atom. The molecule has 0 spiro atoms. The van der Waals surface area contributed by atoms with Crippen molar-refractivity contribution in [3.63, 3.8) is 0 Å². The van der Waals surface area contributed by atoms with Gasteiger partial charge in [0.1, 0.15) is 0 Å². The molecule has 0 saturated heterocycles. The van der Waals surface area contributed by atoms with Gasteiger partial charge in [-0.15, -0.1) is 0 Å². The number of nitrogens with zero attached hydrogens (tertiary/aromatic N) is 3. The average molecular weight is 241 g/mol. The summed E-state index contributed by atoms with van der Waals surface area (Å²) in [5, 5.41) is 3.92. The lowest BCUT2D eigenvalue weighted by Crippen LogP contribution is -2.11. The highest BCUT2D eigenvalue weighted by molar-refractivity contribution is 9.10. The molecule has 13 heavy (non-hydrogen) atoms. The number of rotatable bonds is 1. The lowest BCUT2D eigenvalue weighted by molar-refractivity contribution is 0.0995. The molecule has 0 radical (unpaired) electrons. The topological polar surface area (TPSA) is 73.3 Å². The van der Waals surface area contributed by atoms with Crippen molar-refractivity contribution >= 4 is 27.5 Å². The quantitative estimate of drug-likeness (QED) is 0.793. The molecule has 0 aliphatic heterocycles. The highest BCUT2D eigenvalue weighted by Crippen LogP contribution is 2.09. The van der Waals surface area contributed by atoms with E-state index in [1.165, 1.54) is 10.6 Å². The van der Waals surface area contributed by atoms with Gasteiger partial charge in [0.2, 0.25) is 0 Å². The number of primary amides is 1. The molecule has 2 N–H and O–H groups in total. The minimum absolute atomic E-state index is 0.214. The Morgan fingerprint density at radius 3 is 3.08 bits per heavy atom. The summed E-state index contributed by atoms with van der Waals surface area (Å²) in [6.45, 7) is 0. The predicted octanol–water partition coefficient (Wildman–Crippen LogP) is 0.591. The van der Waals surface area contributed by atoms with Gasteiger partial charge in [0.15, 0.2) is 11.3 Å². The second kappa shape index (κ2) is 2.81. The van der Waals surface area contributed by atoms with Crippen molar-refractivity contribution in [2.24, 2.45) is 5.73 Å². The molecule has 6 heteroatoms. The van der Waals surface area contributed by atoms with Crippen LogP contribution in [0, 0.1) is 0 Å². The number of fused-ring (bicyclic) bond motifs is 1. The zero-order valence-electron chi connectivity index (χ0n) is 6.44. The van der Waals surface area contributed by atoms with Crippen molar-refractivity contribution < 1.29 is 4.79 Å². The molecule has 0 aromatic carbocycles. The first kappa shape index (κ1) is 8.18. The molecule has 0 atom stereocenters. The number of aromatic nitrogens is 3. The summed E-state index contributed by atoms with van der Waals surface area (Å²) in [6.07, 6.45) is 3.33. The van der Waals surface area contributed by atoms with E-state index in [1.807, 2.05) is 0 Å². The zero-order chi connectivity index (χ0) is 9.42. The SMILES string of the molecule is NC(=O)c1cc2ncc(Br)cn2n1. The monoisotopic (exact) mass is 240 g/mol. The maximum Gasteiger partial charge on any atom is 0.269 e. The van der Waals surface area contributed by atoms with E-state index < -0.39 is 5.91 Å². The minimum atomic E-state index is -0.554. The lowest BCUT2D eigenvalue weighted by atomic mass is 10.4. The minimum Gasteiger partial charge on any atom is -0.364 e. The van der Waals surface area contributed by atoms with Gasteiger partial charge < -0.3 is 5.73 Å². The van der Waals surface area contributed by atoms with Crippen molar-refractivity contribution in [3.8, 4) is 0 Å². The van der Waals surface area contributed by atoms with Crippen molar-refractivity contribution in [1.82, 2.24) is 14.6 Å². The van der Waals surface area contributed by atoms with Crippen LogP contribution in [-0.2, 0) is 0 Å². The Balaban J connectivity index is 2.68. The summed E-state index contributed by atoms with van der Waals surface area (Å²) in [5.74, 6) is -0.554. The number of carbonyl (C=O) groups is 1. The summed E-state index contributed by atoms with van der Waals surface area (Å²) in [4.78, 5) is 14.8. The Labute approximate surface area is 81.7 Å². The molecular weight excluding hydrogens is 236 g/mol. The van der Waals surface area contributed by atoms with Crippen LogP contribution in [0.25, 0.3) is 5.65 Å². The van der Waals surface area contributed by atoms with E-state index in [4.69, 9.17) is 5.73 Å². The molecule has 0 fully saturated rings. The molecular formula is C7H5BrN4O. The van der Waals surface area contributed by atoms with Crippen LogP contribution in [0.3, 0.4) is 0 Å². The number of nitrogens with two attached hydrogens (primary N) is 1. The molecule has 1 amide bonds. The van der Waals surface area contributed by atoms with E-state index in [1.54, 1.807) is 12.4 Å². The molecule has 0 saturated carbocycles. The number of halogens is 1. The van der Waals surface area contributed by atoms with Crippen LogP contribution in [-0.4, -0.2) is 20.5 Å². The Bertz CT molecular complexity index is 478. The third-order valence-electron chi connectivity index (χ3n) is 1.53. The van der Waals surface area contributed by atoms with Gasteiger partial charge in [-0.25, -0.2) is 9.50 Å². The smallest absolute Gasteiger partial charge is 0.269 e. The van der Waals surface area contributed by atoms with Gasteiger partial charge in [0.05, 0.1) is 4.47 Å². The second-order valence-electron chi connectivity index (χ2n) is 2.47. The predicted molar refractivity (Wildman–Crippen MR) is 49.2 cm³/mol. The molecule has 2 heterocycles. The summed E-state index contributed by atoms with van der Waals surface area (Å²) in [5.41, 5.74) is 5.87. The number of hydrogen-bond donors (Lipinski definition) is 1. The maximum atomic E-state index is 10.8. The van der Waals surface area contributed by atoms with Crippen LogP contribution in [0.15, 0.2) is 22.9 Å². The third-order valence-corrected chi connectivity index (χ3v) is 1.94. The van der Waals surface area contributed by atoms with Crippen LogP contribution in [0.1, 0.15) is 10.5 Å². The molecule has 0 unspecified atom stereocenters.